The molecule has 1 aliphatic heterocycles. The molecular formula is C61H81N3O12. The molecule has 0 aromatic heterocycles. The van der Waals surface area contributed by atoms with Crippen LogP contribution < -0.4 is 9.47 Å². The number of benzene rings is 4. The first-order valence-electron chi connectivity index (χ1n) is 28.0. The minimum absolute atomic E-state index is 0.0139. The highest BCUT2D eigenvalue weighted by molar-refractivity contribution is 6.03. The van der Waals surface area contributed by atoms with Crippen molar-refractivity contribution in [2.45, 2.75) is 140 Å². The molecule has 1 fully saturated rings. The minimum Gasteiger partial charge on any atom is -0.459 e. The van der Waals surface area contributed by atoms with E-state index in [1.165, 1.54) is 50.7 Å². The Bertz CT molecular complexity index is 2520. The summed E-state index contributed by atoms with van der Waals surface area (Å²) in [5.41, 5.74) is 2.98. The van der Waals surface area contributed by atoms with Crippen LogP contribution in [-0.4, -0.2) is 102 Å². The van der Waals surface area contributed by atoms with Crippen LogP contribution in [0.4, 0.5) is 10.5 Å². The summed E-state index contributed by atoms with van der Waals surface area (Å²) >= 11 is 0. The fraction of sp³-hybridized carbons (Fsp3) is 0.541. The van der Waals surface area contributed by atoms with Crippen molar-refractivity contribution in [3.63, 3.8) is 0 Å². The molecule has 4 aromatic rings. The number of hydrogen-bond acceptors (Lipinski definition) is 13. The van der Waals surface area contributed by atoms with Crippen LogP contribution in [0.15, 0.2) is 114 Å². The fourth-order valence-electron chi connectivity index (χ4n) is 11.5. The number of non-ortho nitro benzene ring substituents is 1. The summed E-state index contributed by atoms with van der Waals surface area (Å²) in [4.78, 5) is 33.9. The summed E-state index contributed by atoms with van der Waals surface area (Å²) in [6, 6.07) is 25.3. The number of aliphatic hydroxyl groups is 3. The summed E-state index contributed by atoms with van der Waals surface area (Å²) in [6.45, 7) is 6.77. The van der Waals surface area contributed by atoms with Crippen LogP contribution in [0.3, 0.4) is 0 Å². The number of ether oxygens (including phenoxy) is 5. The third-order valence-electron chi connectivity index (χ3n) is 15.2. The van der Waals surface area contributed by atoms with Crippen molar-refractivity contribution in [2.75, 3.05) is 52.8 Å². The molecule has 0 bridgehead atoms. The highest BCUT2D eigenvalue weighted by atomic mass is 16.7. The van der Waals surface area contributed by atoms with Crippen molar-refractivity contribution >= 4 is 28.3 Å². The highest BCUT2D eigenvalue weighted by Crippen LogP contribution is 2.62. The minimum atomic E-state index is -1.55. The van der Waals surface area contributed by atoms with Gasteiger partial charge in [-0.2, -0.15) is 0 Å². The standard InChI is InChI=1S/C61H81N3O12/c1-3-5-6-7-8-9-10-11-12-19-37-72-60(68)63(32-38-71-39-35-67)57-43-55(62-74-44-45-24-27-49(28-25-45)64(69)70)53-41-48(22-15-17-33-65)52(23-16-18-34-66)58-54-42-51(75-50-29-26-46-20-13-14-21-47(46)40-50)30-31-56(54)76-61(57,59(53)58)73-36-4-2/h4,13-14,20-21,24-31,40-42,48,52,57-59,65-67H,2-3,5-12,15-19,22-23,32-39,43-44H2,1H3/t48-,52+,57-,58+,59+,61+/m0/s1. The number of carbonyl (C=O) groups is 1. The number of amides is 1. The number of nitro groups is 1. The van der Waals surface area contributed by atoms with Gasteiger partial charge in [-0.15, -0.1) is 6.58 Å². The largest absolute Gasteiger partial charge is 0.459 e. The monoisotopic (exact) mass is 1050 g/mol. The van der Waals surface area contributed by atoms with E-state index in [-0.39, 0.29) is 89.3 Å². The van der Waals surface area contributed by atoms with Gasteiger partial charge in [-0.3, -0.25) is 15.0 Å². The van der Waals surface area contributed by atoms with Gasteiger partial charge in [-0.1, -0.05) is 125 Å². The van der Waals surface area contributed by atoms with E-state index in [0.29, 0.717) is 47.8 Å². The number of carbonyl (C=O) groups excluding carboxylic acids is 1. The van der Waals surface area contributed by atoms with E-state index >= 15 is 0 Å². The second-order valence-corrected chi connectivity index (χ2v) is 20.4. The summed E-state index contributed by atoms with van der Waals surface area (Å²) < 4.78 is 33.4. The highest BCUT2D eigenvalue weighted by Gasteiger charge is 2.65. The number of nitrogens with zero attached hydrogens (tertiary/aromatic N) is 3. The molecule has 15 nitrogen and oxygen atoms in total. The van der Waals surface area contributed by atoms with E-state index < -0.39 is 28.8 Å². The predicted octanol–water partition coefficient (Wildman–Crippen LogP) is 12.7. The number of allylic oxidation sites excluding steroid dienone is 1. The van der Waals surface area contributed by atoms with Gasteiger partial charge in [0, 0.05) is 49.8 Å². The van der Waals surface area contributed by atoms with Crippen LogP contribution in [0.5, 0.6) is 17.2 Å². The Kier molecular flexibility index (Phi) is 23.0. The number of fused-ring (bicyclic) bond motifs is 3. The third-order valence-corrected chi connectivity index (χ3v) is 15.2. The third kappa shape index (κ3) is 15.2. The number of rotatable bonds is 34. The van der Waals surface area contributed by atoms with E-state index in [1.54, 1.807) is 23.1 Å². The van der Waals surface area contributed by atoms with Crippen molar-refractivity contribution in [3.8, 4) is 17.2 Å². The van der Waals surface area contributed by atoms with Gasteiger partial charge in [0.2, 0.25) is 5.79 Å². The maximum absolute atomic E-state index is 14.9. The van der Waals surface area contributed by atoms with Crippen molar-refractivity contribution < 1.29 is 53.6 Å². The predicted molar refractivity (Wildman–Crippen MR) is 295 cm³/mol. The van der Waals surface area contributed by atoms with Gasteiger partial charge < -0.3 is 43.8 Å². The molecule has 0 unspecified atom stereocenters. The molecule has 412 valence electrons. The first-order valence-corrected chi connectivity index (χ1v) is 28.0. The van der Waals surface area contributed by atoms with Gasteiger partial charge in [-0.05, 0) is 108 Å². The number of nitro benzene ring substituents is 1. The first kappa shape index (κ1) is 57.9. The van der Waals surface area contributed by atoms with Crippen LogP contribution in [0.2, 0.25) is 0 Å². The van der Waals surface area contributed by atoms with Crippen LogP contribution in [0.1, 0.15) is 133 Å². The zero-order valence-corrected chi connectivity index (χ0v) is 44.6. The Balaban J connectivity index is 1.32. The lowest BCUT2D eigenvalue weighted by Crippen LogP contribution is -2.70. The van der Waals surface area contributed by atoms with Gasteiger partial charge in [0.15, 0.2) is 0 Å². The summed E-state index contributed by atoms with van der Waals surface area (Å²) in [5, 5.41) is 48.5. The maximum atomic E-state index is 14.9. The van der Waals surface area contributed by atoms with Crippen molar-refractivity contribution in [2.24, 2.45) is 22.9 Å². The first-order chi connectivity index (χ1) is 37.2. The van der Waals surface area contributed by atoms with E-state index in [4.69, 9.17) is 33.7 Å². The summed E-state index contributed by atoms with van der Waals surface area (Å²) in [5.74, 6) is -0.635. The quantitative estimate of drug-likeness (QED) is 0.0174. The number of unbranched alkanes of at least 4 members (excludes halogenated alkanes) is 11. The smallest absolute Gasteiger partial charge is 0.410 e. The zero-order valence-electron chi connectivity index (χ0n) is 44.6. The van der Waals surface area contributed by atoms with Crippen molar-refractivity contribution in [1.82, 2.24) is 4.90 Å². The lowest BCUT2D eigenvalue weighted by atomic mass is 9.55. The Morgan fingerprint density at radius 1 is 0.816 bits per heavy atom. The molecule has 3 aliphatic rings. The van der Waals surface area contributed by atoms with Gasteiger partial charge >= 0.3 is 6.09 Å². The van der Waals surface area contributed by atoms with E-state index in [9.17, 15) is 30.2 Å². The number of aliphatic hydroxyl groups excluding tert-OH is 3. The van der Waals surface area contributed by atoms with E-state index in [0.717, 1.165) is 66.9 Å². The van der Waals surface area contributed by atoms with Gasteiger partial charge in [0.05, 0.1) is 49.6 Å². The van der Waals surface area contributed by atoms with E-state index in [1.807, 2.05) is 42.5 Å². The summed E-state index contributed by atoms with van der Waals surface area (Å²) in [7, 11) is 0. The molecule has 3 N–H and O–H groups in total. The Labute approximate surface area is 449 Å². The molecule has 0 radical (unpaired) electrons. The fourth-order valence-corrected chi connectivity index (χ4v) is 11.5. The van der Waals surface area contributed by atoms with Gasteiger partial charge in [0.1, 0.15) is 29.9 Å². The van der Waals surface area contributed by atoms with Gasteiger partial charge in [-0.25, -0.2) is 4.79 Å². The zero-order chi connectivity index (χ0) is 53.5. The molecule has 1 amide bonds. The number of hydrogen-bond donors (Lipinski definition) is 3. The summed E-state index contributed by atoms with van der Waals surface area (Å²) in [6.07, 6.45) is 19.1. The molecule has 15 heteroatoms. The molecule has 6 atom stereocenters. The molecule has 0 saturated heterocycles. The SMILES string of the molecule is C=CCO[C@@]12Oc3ccc(Oc4ccc5ccccc5c4)cc3[C@H]3[C@H](CCCCO)[C@@H](CCCCO)C=C(C(=NOCc4ccc([N+](=O)[O-])cc4)C[C@@H]1N(CCOCCO)C(=O)OCCCCCCCCCCCC)[C@H]32. The lowest BCUT2D eigenvalue weighted by molar-refractivity contribution is -0.384. The van der Waals surface area contributed by atoms with Crippen molar-refractivity contribution in [3.05, 3.63) is 130 Å². The molecule has 7 rings (SSSR count). The molecule has 2 aliphatic carbocycles. The average molecular weight is 1050 g/mol. The van der Waals surface area contributed by atoms with E-state index in [2.05, 4.69) is 37.8 Å². The number of oxime groups is 1. The Morgan fingerprint density at radius 2 is 1.51 bits per heavy atom. The normalized spacial score (nSPS) is 21.0. The molecule has 0 spiro atoms. The second kappa shape index (κ2) is 30.2. The lowest BCUT2D eigenvalue weighted by Gasteiger charge is -2.59. The van der Waals surface area contributed by atoms with Gasteiger partial charge in [0.25, 0.3) is 5.69 Å². The molecular weight excluding hydrogens is 967 g/mol. The average Bonchev–Trinajstić information content (AvgIpc) is 3.43. The molecule has 76 heavy (non-hydrogen) atoms. The topological polar surface area (TPSA) is 192 Å². The second-order valence-electron chi connectivity index (χ2n) is 20.4. The van der Waals surface area contributed by atoms with Crippen molar-refractivity contribution in [1.29, 1.82) is 0 Å². The molecule has 1 heterocycles. The Hall–Kier alpha value is -5.84. The maximum Gasteiger partial charge on any atom is 0.410 e. The van der Waals surface area contributed by atoms with Crippen LogP contribution in [-0.2, 0) is 25.7 Å². The van der Waals surface area contributed by atoms with Crippen LogP contribution in [0.25, 0.3) is 10.8 Å². The van der Waals surface area contributed by atoms with Crippen LogP contribution >= 0.6 is 0 Å². The Morgan fingerprint density at radius 3 is 2.22 bits per heavy atom. The molecule has 1 saturated carbocycles. The molecule has 4 aromatic carbocycles. The van der Waals surface area contributed by atoms with Crippen LogP contribution in [0, 0.1) is 27.9 Å².